The Labute approximate surface area is 183 Å². The average molecular weight is 422 g/mol. The Morgan fingerprint density at radius 3 is 2.58 bits per heavy atom. The summed E-state index contributed by atoms with van der Waals surface area (Å²) in [6.45, 7) is 9.38. The van der Waals surface area contributed by atoms with Crippen molar-refractivity contribution in [1.29, 1.82) is 0 Å². The zero-order valence-electron chi connectivity index (χ0n) is 18.5. The number of rotatable bonds is 6. The first-order chi connectivity index (χ1) is 15.0. The van der Waals surface area contributed by atoms with Gasteiger partial charge in [-0.25, -0.2) is 4.99 Å². The molecule has 3 rings (SSSR count). The van der Waals surface area contributed by atoms with Crippen LogP contribution in [-0.2, 0) is 17.9 Å². The van der Waals surface area contributed by atoms with Crippen LogP contribution in [0.1, 0.15) is 39.5 Å². The summed E-state index contributed by atoms with van der Waals surface area (Å²) in [5.74, 6) is 0.519. The molecule has 0 saturated carbocycles. The molecule has 1 heterocycles. The average Bonchev–Trinajstić information content (AvgIpc) is 2.76. The van der Waals surface area contributed by atoms with E-state index in [1.165, 1.54) is 16.7 Å². The normalized spacial score (nSPS) is 14.2. The summed E-state index contributed by atoms with van der Waals surface area (Å²) in [7, 11) is 0. The molecule has 0 unspecified atom stereocenters. The van der Waals surface area contributed by atoms with E-state index in [0.717, 1.165) is 18.1 Å². The van der Waals surface area contributed by atoms with Gasteiger partial charge >= 0.3 is 0 Å². The quantitative estimate of drug-likeness (QED) is 0.493. The lowest BCUT2D eigenvalue weighted by Crippen LogP contribution is -2.49. The second kappa shape index (κ2) is 10.6. The predicted octanol–water partition coefficient (Wildman–Crippen LogP) is 2.13. The minimum absolute atomic E-state index is 0.114. The molecule has 0 aromatic heterocycles. The summed E-state index contributed by atoms with van der Waals surface area (Å²) >= 11 is 0. The number of nitrogens with zero attached hydrogens (tertiary/aromatic N) is 2. The van der Waals surface area contributed by atoms with Crippen LogP contribution in [-0.4, -0.2) is 48.9 Å². The van der Waals surface area contributed by atoms with Gasteiger partial charge in [0.15, 0.2) is 5.96 Å². The summed E-state index contributed by atoms with van der Waals surface area (Å²) in [5, 5.41) is 9.39. The second-order valence-electron chi connectivity index (χ2n) is 7.75. The van der Waals surface area contributed by atoms with Gasteiger partial charge in [-0.15, -0.1) is 0 Å². The number of benzene rings is 2. The van der Waals surface area contributed by atoms with Gasteiger partial charge in [-0.05, 0) is 49.6 Å². The molecule has 0 atom stereocenters. The highest BCUT2D eigenvalue weighted by molar-refractivity contribution is 5.97. The number of nitrogens with one attached hydrogen (secondary N) is 3. The summed E-state index contributed by atoms with van der Waals surface area (Å²) in [6, 6.07) is 13.9. The van der Waals surface area contributed by atoms with Gasteiger partial charge in [0.05, 0.1) is 13.1 Å². The molecule has 31 heavy (non-hydrogen) atoms. The Balaban J connectivity index is 1.60. The fraction of sp³-hybridized carbons (Fsp3) is 0.375. The van der Waals surface area contributed by atoms with Crippen LogP contribution >= 0.6 is 0 Å². The van der Waals surface area contributed by atoms with Crippen molar-refractivity contribution in [2.24, 2.45) is 4.99 Å². The smallest absolute Gasteiger partial charge is 0.254 e. The van der Waals surface area contributed by atoms with E-state index in [-0.39, 0.29) is 18.4 Å². The molecule has 1 aliphatic rings. The molecule has 0 radical (unpaired) electrons. The molecule has 7 heteroatoms. The molecule has 0 spiro atoms. The zero-order chi connectivity index (χ0) is 22.2. The van der Waals surface area contributed by atoms with Crippen LogP contribution in [0.5, 0.6) is 0 Å². The fourth-order valence-electron chi connectivity index (χ4n) is 3.48. The van der Waals surface area contributed by atoms with Crippen LogP contribution in [0.25, 0.3) is 0 Å². The van der Waals surface area contributed by atoms with Gasteiger partial charge in [-0.1, -0.05) is 35.9 Å². The van der Waals surface area contributed by atoms with Crippen molar-refractivity contribution >= 4 is 17.8 Å². The maximum absolute atomic E-state index is 12.6. The van der Waals surface area contributed by atoms with Gasteiger partial charge in [0.2, 0.25) is 5.91 Å². The Bertz CT molecular complexity index is 953. The van der Waals surface area contributed by atoms with Crippen molar-refractivity contribution in [2.75, 3.05) is 26.2 Å². The molecule has 1 fully saturated rings. The third-order valence-corrected chi connectivity index (χ3v) is 5.23. The summed E-state index contributed by atoms with van der Waals surface area (Å²) < 4.78 is 0. The van der Waals surface area contributed by atoms with Crippen molar-refractivity contribution < 1.29 is 9.59 Å². The van der Waals surface area contributed by atoms with Crippen molar-refractivity contribution in [3.63, 3.8) is 0 Å². The first kappa shape index (κ1) is 22.3. The monoisotopic (exact) mass is 421 g/mol. The van der Waals surface area contributed by atoms with Crippen molar-refractivity contribution in [3.8, 4) is 0 Å². The molecular weight excluding hydrogens is 390 g/mol. The zero-order valence-corrected chi connectivity index (χ0v) is 18.5. The van der Waals surface area contributed by atoms with Crippen LogP contribution in [0.2, 0.25) is 0 Å². The molecule has 1 aliphatic heterocycles. The third kappa shape index (κ3) is 6.31. The van der Waals surface area contributed by atoms with Gasteiger partial charge in [0.1, 0.15) is 0 Å². The lowest BCUT2D eigenvalue weighted by molar-refractivity contribution is -0.123. The van der Waals surface area contributed by atoms with Gasteiger partial charge < -0.3 is 20.9 Å². The van der Waals surface area contributed by atoms with E-state index in [9.17, 15) is 9.59 Å². The van der Waals surface area contributed by atoms with E-state index in [4.69, 9.17) is 0 Å². The van der Waals surface area contributed by atoms with E-state index in [2.05, 4.69) is 53.0 Å². The molecule has 2 aromatic carbocycles. The second-order valence-corrected chi connectivity index (χ2v) is 7.75. The van der Waals surface area contributed by atoms with Crippen molar-refractivity contribution in [2.45, 2.75) is 33.9 Å². The number of aliphatic imine (C=N–C) groups is 1. The topological polar surface area (TPSA) is 85.8 Å². The van der Waals surface area contributed by atoms with Gasteiger partial charge in [0.25, 0.3) is 5.91 Å². The van der Waals surface area contributed by atoms with Crippen molar-refractivity contribution in [3.05, 3.63) is 70.3 Å². The number of piperazine rings is 1. The van der Waals surface area contributed by atoms with Gasteiger partial charge in [0, 0.05) is 31.7 Å². The summed E-state index contributed by atoms with van der Waals surface area (Å²) in [6.07, 6.45) is 0. The Kier molecular flexibility index (Phi) is 7.65. The number of carbonyl (C=O) groups excluding carboxylic acids is 2. The van der Waals surface area contributed by atoms with Crippen LogP contribution in [0.4, 0.5) is 0 Å². The molecule has 1 saturated heterocycles. The Morgan fingerprint density at radius 2 is 1.90 bits per heavy atom. The summed E-state index contributed by atoms with van der Waals surface area (Å²) in [4.78, 5) is 30.3. The molecule has 164 valence electrons. The van der Waals surface area contributed by atoms with Gasteiger partial charge in [-0.3, -0.25) is 9.59 Å². The molecule has 0 aliphatic carbocycles. The van der Waals surface area contributed by atoms with Crippen LogP contribution in [0, 0.1) is 13.8 Å². The number of amides is 2. The minimum Gasteiger partial charge on any atom is -0.357 e. The fourth-order valence-corrected chi connectivity index (χ4v) is 3.48. The van der Waals surface area contributed by atoms with Crippen molar-refractivity contribution in [1.82, 2.24) is 20.9 Å². The number of hydrogen-bond donors (Lipinski definition) is 3. The largest absolute Gasteiger partial charge is 0.357 e. The lowest BCUT2D eigenvalue weighted by Gasteiger charge is -2.26. The Hall–Kier alpha value is -3.35. The SMILES string of the molecule is CCNC(=NCc1ccc(C(=O)N2CCNC(=O)C2)cc1)NCc1ccc(C)cc1C. The number of hydrogen-bond acceptors (Lipinski definition) is 3. The van der Waals surface area contributed by atoms with E-state index < -0.39 is 0 Å². The molecule has 3 N–H and O–H groups in total. The van der Waals surface area contributed by atoms with Crippen LogP contribution in [0.3, 0.4) is 0 Å². The maximum atomic E-state index is 12.6. The van der Waals surface area contributed by atoms with Crippen LogP contribution < -0.4 is 16.0 Å². The predicted molar refractivity (Wildman–Crippen MR) is 123 cm³/mol. The maximum Gasteiger partial charge on any atom is 0.254 e. The number of guanidine groups is 1. The number of carbonyl (C=O) groups is 2. The number of aryl methyl sites for hydroxylation is 2. The molecular formula is C24H31N5O2. The lowest BCUT2D eigenvalue weighted by atomic mass is 10.1. The third-order valence-electron chi connectivity index (χ3n) is 5.23. The highest BCUT2D eigenvalue weighted by Gasteiger charge is 2.22. The van der Waals surface area contributed by atoms with E-state index in [1.807, 2.05) is 19.1 Å². The molecule has 2 amide bonds. The first-order valence-corrected chi connectivity index (χ1v) is 10.7. The summed E-state index contributed by atoms with van der Waals surface area (Å²) in [5.41, 5.74) is 5.35. The van der Waals surface area contributed by atoms with E-state index in [1.54, 1.807) is 17.0 Å². The van der Waals surface area contributed by atoms with Crippen LogP contribution in [0.15, 0.2) is 47.5 Å². The standard InChI is InChI=1S/C24H31N5O2/c1-4-25-24(28-15-21-8-5-17(2)13-18(21)3)27-14-19-6-9-20(10-7-19)23(31)29-12-11-26-22(30)16-29/h5-10,13H,4,11-12,14-16H2,1-3H3,(H,26,30)(H2,25,27,28). The first-order valence-electron chi connectivity index (χ1n) is 10.7. The van der Waals surface area contributed by atoms with E-state index >= 15 is 0 Å². The minimum atomic E-state index is -0.117. The van der Waals surface area contributed by atoms with Gasteiger partial charge in [-0.2, -0.15) is 0 Å². The van der Waals surface area contributed by atoms with E-state index in [0.29, 0.717) is 31.7 Å². The Morgan fingerprint density at radius 1 is 1.13 bits per heavy atom. The molecule has 7 nitrogen and oxygen atoms in total. The highest BCUT2D eigenvalue weighted by atomic mass is 16.2. The molecule has 2 aromatic rings. The molecule has 0 bridgehead atoms. The highest BCUT2D eigenvalue weighted by Crippen LogP contribution is 2.11.